The molecule has 30 heavy (non-hydrogen) atoms. The minimum atomic E-state index is -3.69. The number of ether oxygens (including phenoxy) is 1. The Bertz CT molecular complexity index is 1040. The van der Waals surface area contributed by atoms with E-state index < -0.39 is 10.0 Å². The number of carbonyl (C=O) groups is 1. The lowest BCUT2D eigenvalue weighted by atomic mass is 9.96. The van der Waals surface area contributed by atoms with Gasteiger partial charge in [-0.3, -0.25) is 9.69 Å². The maximum Gasteiger partial charge on any atom is 0.265 e. The molecule has 1 amide bonds. The second kappa shape index (κ2) is 8.35. The van der Waals surface area contributed by atoms with Gasteiger partial charge in [-0.25, -0.2) is 13.1 Å². The maximum atomic E-state index is 13.0. The van der Waals surface area contributed by atoms with Crippen molar-refractivity contribution in [2.24, 2.45) is 0 Å². The minimum Gasteiger partial charge on any atom is -0.482 e. The van der Waals surface area contributed by atoms with Crippen LogP contribution in [0.1, 0.15) is 56.3 Å². The zero-order valence-corrected chi connectivity index (χ0v) is 18.0. The molecule has 162 valence electrons. The molecule has 0 atom stereocenters. The molecule has 1 N–H and O–H groups in total. The van der Waals surface area contributed by atoms with E-state index >= 15 is 0 Å². The molecule has 9 nitrogen and oxygen atoms in total. The third kappa shape index (κ3) is 4.20. The summed E-state index contributed by atoms with van der Waals surface area (Å²) in [6.45, 7) is 3.57. The van der Waals surface area contributed by atoms with Gasteiger partial charge in [-0.15, -0.1) is 0 Å². The highest BCUT2D eigenvalue weighted by Gasteiger charge is 2.31. The Kier molecular flexibility index (Phi) is 5.79. The first kappa shape index (κ1) is 20.8. The molecule has 4 rings (SSSR count). The van der Waals surface area contributed by atoms with E-state index in [9.17, 15) is 13.2 Å². The highest BCUT2D eigenvalue weighted by Crippen LogP contribution is 2.37. The fraction of sp³-hybridized carbons (Fsp3) is 0.550. The number of amides is 1. The lowest BCUT2D eigenvalue weighted by Crippen LogP contribution is -2.39. The molecule has 1 fully saturated rings. The molecule has 0 saturated heterocycles. The first-order valence-corrected chi connectivity index (χ1v) is 11.8. The van der Waals surface area contributed by atoms with Gasteiger partial charge in [0.15, 0.2) is 12.4 Å². The molecular formula is C20H26N4O5S. The number of sulfonamides is 1. The van der Waals surface area contributed by atoms with Crippen LogP contribution < -0.4 is 14.4 Å². The Morgan fingerprint density at radius 2 is 2.00 bits per heavy atom. The van der Waals surface area contributed by atoms with E-state index in [1.165, 1.54) is 11.0 Å². The summed E-state index contributed by atoms with van der Waals surface area (Å²) >= 11 is 0. The van der Waals surface area contributed by atoms with Gasteiger partial charge in [0.05, 0.1) is 17.1 Å². The van der Waals surface area contributed by atoms with Crippen molar-refractivity contribution < 1.29 is 22.5 Å². The van der Waals surface area contributed by atoms with E-state index in [2.05, 4.69) is 14.9 Å². The molecule has 0 bridgehead atoms. The van der Waals surface area contributed by atoms with Gasteiger partial charge in [0.1, 0.15) is 5.75 Å². The molecule has 0 spiro atoms. The predicted octanol–water partition coefficient (Wildman–Crippen LogP) is 2.48. The number of carbonyl (C=O) groups excluding carboxylic acids is 1. The molecular weight excluding hydrogens is 408 g/mol. The lowest BCUT2D eigenvalue weighted by molar-refractivity contribution is -0.121. The first-order valence-electron chi connectivity index (χ1n) is 10.3. The third-order valence-electron chi connectivity index (χ3n) is 5.53. The molecule has 1 aliphatic heterocycles. The molecule has 1 aromatic carbocycles. The second-order valence-electron chi connectivity index (χ2n) is 7.77. The van der Waals surface area contributed by atoms with Crippen LogP contribution in [0.3, 0.4) is 0 Å². The monoisotopic (exact) mass is 434 g/mol. The van der Waals surface area contributed by atoms with Gasteiger partial charge in [-0.1, -0.05) is 31.3 Å². The molecule has 1 saturated carbocycles. The average molecular weight is 435 g/mol. The Hall–Kier alpha value is -2.46. The number of benzene rings is 1. The number of nitrogens with one attached hydrogen (secondary N) is 1. The molecule has 0 radical (unpaired) electrons. The van der Waals surface area contributed by atoms with Crippen molar-refractivity contribution in [2.45, 2.75) is 69.9 Å². The molecule has 2 aromatic rings. The van der Waals surface area contributed by atoms with Crippen molar-refractivity contribution in [3.8, 4) is 5.75 Å². The number of nitrogens with zero attached hydrogens (tertiary/aromatic N) is 3. The minimum absolute atomic E-state index is 0.0378. The second-order valence-corrected chi connectivity index (χ2v) is 9.45. The van der Waals surface area contributed by atoms with Crippen molar-refractivity contribution in [1.82, 2.24) is 14.9 Å². The summed E-state index contributed by atoms with van der Waals surface area (Å²) in [5.41, 5.74) is 1.05. The molecule has 2 heterocycles. The van der Waals surface area contributed by atoms with Gasteiger partial charge in [0.25, 0.3) is 5.91 Å². The highest BCUT2D eigenvalue weighted by atomic mass is 32.2. The Morgan fingerprint density at radius 3 is 2.70 bits per heavy atom. The summed E-state index contributed by atoms with van der Waals surface area (Å²) in [7, 11) is -3.69. The quantitative estimate of drug-likeness (QED) is 0.743. The first-order chi connectivity index (χ1) is 14.4. The van der Waals surface area contributed by atoms with Crippen LogP contribution in [0, 0.1) is 6.92 Å². The number of aromatic nitrogens is 2. The summed E-state index contributed by atoms with van der Waals surface area (Å²) in [5, 5.41) is 3.91. The van der Waals surface area contributed by atoms with E-state index in [0.717, 1.165) is 32.1 Å². The highest BCUT2D eigenvalue weighted by molar-refractivity contribution is 7.89. The number of hydrogen-bond donors (Lipinski definition) is 1. The molecule has 2 aliphatic rings. The summed E-state index contributed by atoms with van der Waals surface area (Å²) in [6, 6.07) is 3.13. The number of hydrogen-bond acceptors (Lipinski definition) is 7. The molecule has 10 heteroatoms. The Labute approximate surface area is 175 Å². The van der Waals surface area contributed by atoms with Crippen LogP contribution in [0.25, 0.3) is 0 Å². The molecule has 1 aromatic heterocycles. The van der Waals surface area contributed by atoms with Crippen LogP contribution in [0.15, 0.2) is 21.6 Å². The van der Waals surface area contributed by atoms with Crippen LogP contribution >= 0.6 is 0 Å². The van der Waals surface area contributed by atoms with E-state index in [1.54, 1.807) is 13.0 Å². The van der Waals surface area contributed by atoms with Crippen molar-refractivity contribution in [1.29, 1.82) is 0 Å². The van der Waals surface area contributed by atoms with Gasteiger partial charge in [0.2, 0.25) is 15.9 Å². The van der Waals surface area contributed by atoms with Crippen LogP contribution in [-0.4, -0.2) is 37.1 Å². The smallest absolute Gasteiger partial charge is 0.265 e. The van der Waals surface area contributed by atoms with Crippen LogP contribution in [0.4, 0.5) is 5.69 Å². The summed E-state index contributed by atoms with van der Waals surface area (Å²) < 4.78 is 39.5. The van der Waals surface area contributed by atoms with E-state index in [-0.39, 0.29) is 30.0 Å². The lowest BCUT2D eigenvalue weighted by Gasteiger charge is -2.30. The summed E-state index contributed by atoms with van der Waals surface area (Å²) in [6.07, 6.45) is 5.53. The topological polar surface area (TPSA) is 115 Å². The normalized spacial score (nSPS) is 17.7. The van der Waals surface area contributed by atoms with Gasteiger partial charge >= 0.3 is 0 Å². The third-order valence-corrected chi connectivity index (χ3v) is 7.19. The largest absolute Gasteiger partial charge is 0.482 e. The van der Waals surface area contributed by atoms with Gasteiger partial charge in [0, 0.05) is 18.5 Å². The van der Waals surface area contributed by atoms with Gasteiger partial charge < -0.3 is 9.26 Å². The number of fused-ring (bicyclic) bond motifs is 1. The SMILES string of the molecule is CCc1nc(CN2C(=O)COc3cc(S(=O)(=O)NC4CCCCC4)c(C)cc32)no1. The van der Waals surface area contributed by atoms with Crippen molar-refractivity contribution >= 4 is 21.6 Å². The van der Waals surface area contributed by atoms with E-state index in [1.807, 2.05) is 6.92 Å². The number of aryl methyl sites for hydroxylation is 2. The number of rotatable bonds is 6. The van der Waals surface area contributed by atoms with Crippen molar-refractivity contribution in [3.63, 3.8) is 0 Å². The van der Waals surface area contributed by atoms with Crippen LogP contribution in [-0.2, 0) is 27.8 Å². The number of anilines is 1. The van der Waals surface area contributed by atoms with E-state index in [0.29, 0.717) is 35.1 Å². The molecule has 0 unspecified atom stereocenters. The zero-order chi connectivity index (χ0) is 21.3. The predicted molar refractivity (Wildman–Crippen MR) is 109 cm³/mol. The van der Waals surface area contributed by atoms with Gasteiger partial charge in [-0.05, 0) is 31.4 Å². The van der Waals surface area contributed by atoms with E-state index in [4.69, 9.17) is 9.26 Å². The van der Waals surface area contributed by atoms with Gasteiger partial charge in [-0.2, -0.15) is 4.98 Å². The fourth-order valence-electron chi connectivity index (χ4n) is 3.94. The van der Waals surface area contributed by atoms with Crippen LogP contribution in [0.2, 0.25) is 0 Å². The average Bonchev–Trinajstić information content (AvgIpc) is 3.18. The maximum absolute atomic E-state index is 13.0. The summed E-state index contributed by atoms with van der Waals surface area (Å²) in [4.78, 5) is 18.4. The van der Waals surface area contributed by atoms with Crippen molar-refractivity contribution in [3.05, 3.63) is 29.4 Å². The standard InChI is InChI=1S/C20H26N4O5S/c1-3-19-21-18(22-29-19)11-24-15-9-13(2)17(10-16(15)28-12-20(24)25)30(26,27)23-14-7-5-4-6-8-14/h9-10,14,23H,3-8,11-12H2,1-2H3. The Morgan fingerprint density at radius 1 is 1.23 bits per heavy atom. The zero-order valence-electron chi connectivity index (χ0n) is 17.2. The van der Waals surface area contributed by atoms with Crippen LogP contribution in [0.5, 0.6) is 5.75 Å². The fourth-order valence-corrected chi connectivity index (χ4v) is 5.48. The summed E-state index contributed by atoms with van der Waals surface area (Å²) in [5.74, 6) is 0.989. The molecule has 1 aliphatic carbocycles. The Balaban J connectivity index is 1.62. The van der Waals surface area contributed by atoms with Crippen molar-refractivity contribution in [2.75, 3.05) is 11.5 Å².